The number of anilines is 1. The highest BCUT2D eigenvalue weighted by Gasteiger charge is 2.18. The topological polar surface area (TPSA) is 47.0 Å². The van der Waals surface area contributed by atoms with E-state index in [1.165, 1.54) is 0 Å². The Morgan fingerprint density at radius 3 is 2.73 bits per heavy atom. The van der Waals surface area contributed by atoms with Gasteiger partial charge >= 0.3 is 0 Å². The molecule has 0 aliphatic carbocycles. The van der Waals surface area contributed by atoms with E-state index in [-0.39, 0.29) is 0 Å². The van der Waals surface area contributed by atoms with Gasteiger partial charge in [0.15, 0.2) is 5.60 Å². The molecule has 0 fully saturated rings. The smallest absolute Gasteiger partial charge is 0.225 e. The summed E-state index contributed by atoms with van der Waals surface area (Å²) in [7, 11) is 1.75. The first-order valence-electron chi connectivity index (χ1n) is 4.66. The van der Waals surface area contributed by atoms with Crippen LogP contribution in [0, 0.1) is 19.3 Å². The van der Waals surface area contributed by atoms with Crippen LogP contribution in [0.2, 0.25) is 0 Å². The number of rotatable bonds is 3. The summed E-state index contributed by atoms with van der Waals surface area (Å²) in [5, 5.41) is 2.84. The summed E-state index contributed by atoms with van der Waals surface area (Å²) in [5.41, 5.74) is 0.196. The lowest BCUT2D eigenvalue weighted by molar-refractivity contribution is 0.163. The zero-order valence-corrected chi connectivity index (χ0v) is 9.46. The second-order valence-electron chi connectivity index (χ2n) is 3.69. The Morgan fingerprint density at radius 2 is 2.20 bits per heavy atom. The van der Waals surface area contributed by atoms with E-state index in [2.05, 4.69) is 21.2 Å². The molecule has 0 aliphatic rings. The monoisotopic (exact) mass is 205 g/mol. The minimum atomic E-state index is -0.663. The van der Waals surface area contributed by atoms with Crippen LogP contribution in [-0.4, -0.2) is 22.6 Å². The van der Waals surface area contributed by atoms with Crippen LogP contribution in [0.15, 0.2) is 6.20 Å². The number of nitrogens with one attached hydrogen (secondary N) is 1. The van der Waals surface area contributed by atoms with Crippen molar-refractivity contribution in [3.05, 3.63) is 11.8 Å². The lowest BCUT2D eigenvalue weighted by Gasteiger charge is -2.20. The van der Waals surface area contributed by atoms with Gasteiger partial charge in [0, 0.05) is 18.8 Å². The van der Waals surface area contributed by atoms with Crippen LogP contribution in [0.1, 0.15) is 19.4 Å². The summed E-state index contributed by atoms with van der Waals surface area (Å²) >= 11 is 0. The normalized spacial score (nSPS) is 10.6. The van der Waals surface area contributed by atoms with E-state index in [4.69, 9.17) is 11.2 Å². The summed E-state index contributed by atoms with van der Waals surface area (Å²) in [5.74, 6) is 3.58. The van der Waals surface area contributed by atoms with E-state index >= 15 is 0 Å². The van der Waals surface area contributed by atoms with Gasteiger partial charge in [0.05, 0.1) is 0 Å². The first-order chi connectivity index (χ1) is 6.98. The maximum Gasteiger partial charge on any atom is 0.225 e. The molecule has 0 amide bonds. The van der Waals surface area contributed by atoms with Crippen LogP contribution < -0.4 is 10.1 Å². The van der Waals surface area contributed by atoms with Gasteiger partial charge in [-0.2, -0.15) is 4.98 Å². The molecule has 0 atom stereocenters. The molecular formula is C11H15N3O. The van der Waals surface area contributed by atoms with Crippen molar-refractivity contribution in [2.24, 2.45) is 0 Å². The van der Waals surface area contributed by atoms with Gasteiger partial charge in [-0.15, -0.1) is 6.42 Å². The zero-order valence-electron chi connectivity index (χ0n) is 9.46. The molecule has 4 nitrogen and oxygen atoms in total. The SMILES string of the molecule is C#CC(C)(C)Oc1nc(NC)ncc1C. The Balaban J connectivity index is 2.99. The zero-order chi connectivity index (χ0) is 11.5. The largest absolute Gasteiger partial charge is 0.458 e. The van der Waals surface area contributed by atoms with Gasteiger partial charge in [-0.1, -0.05) is 5.92 Å². The standard InChI is InChI=1S/C11H15N3O/c1-6-11(3,4)15-9-8(2)7-13-10(12-5)14-9/h1,7H,2-5H3,(H,12,13,14). The number of aryl methyl sites for hydroxylation is 1. The van der Waals surface area contributed by atoms with E-state index in [1.54, 1.807) is 13.2 Å². The summed E-state index contributed by atoms with van der Waals surface area (Å²) < 4.78 is 5.60. The fourth-order valence-electron chi connectivity index (χ4n) is 0.921. The molecule has 0 bridgehead atoms. The Bertz CT molecular complexity index is 393. The van der Waals surface area contributed by atoms with E-state index in [1.807, 2.05) is 20.8 Å². The van der Waals surface area contributed by atoms with Gasteiger partial charge in [0.25, 0.3) is 0 Å². The van der Waals surface area contributed by atoms with Crippen LogP contribution in [0.25, 0.3) is 0 Å². The highest BCUT2D eigenvalue weighted by Crippen LogP contribution is 2.20. The molecule has 0 spiro atoms. The van der Waals surface area contributed by atoms with Gasteiger partial charge in [-0.25, -0.2) is 4.98 Å². The van der Waals surface area contributed by atoms with Crippen LogP contribution in [0.3, 0.4) is 0 Å². The Labute approximate surface area is 90.1 Å². The molecule has 1 N–H and O–H groups in total. The average molecular weight is 205 g/mol. The van der Waals surface area contributed by atoms with E-state index in [0.717, 1.165) is 5.56 Å². The maximum absolute atomic E-state index is 5.60. The summed E-state index contributed by atoms with van der Waals surface area (Å²) in [6, 6.07) is 0. The van der Waals surface area contributed by atoms with Crippen LogP contribution in [0.5, 0.6) is 5.88 Å². The molecule has 0 aromatic carbocycles. The second kappa shape index (κ2) is 4.18. The number of nitrogens with zero attached hydrogens (tertiary/aromatic N) is 2. The Kier molecular flexibility index (Phi) is 3.15. The van der Waals surface area contributed by atoms with Crippen LogP contribution >= 0.6 is 0 Å². The molecule has 80 valence electrons. The molecule has 0 saturated carbocycles. The Morgan fingerprint density at radius 1 is 1.53 bits per heavy atom. The Hall–Kier alpha value is -1.76. The first kappa shape index (κ1) is 11.3. The van der Waals surface area contributed by atoms with E-state index < -0.39 is 5.60 Å². The number of aromatic nitrogens is 2. The fourth-order valence-corrected chi connectivity index (χ4v) is 0.921. The molecule has 1 aromatic rings. The lowest BCUT2D eigenvalue weighted by Crippen LogP contribution is -2.26. The van der Waals surface area contributed by atoms with Crippen molar-refractivity contribution in [2.75, 3.05) is 12.4 Å². The quantitative estimate of drug-likeness (QED) is 0.762. The van der Waals surface area contributed by atoms with Crippen LogP contribution in [0.4, 0.5) is 5.95 Å². The summed E-state index contributed by atoms with van der Waals surface area (Å²) in [4.78, 5) is 8.24. The van der Waals surface area contributed by atoms with Crippen molar-refractivity contribution in [2.45, 2.75) is 26.4 Å². The molecule has 1 aromatic heterocycles. The minimum absolute atomic E-state index is 0.511. The maximum atomic E-state index is 5.60. The number of hydrogen-bond acceptors (Lipinski definition) is 4. The highest BCUT2D eigenvalue weighted by molar-refractivity contribution is 5.32. The summed E-state index contributed by atoms with van der Waals surface area (Å²) in [6.45, 7) is 5.50. The van der Waals surface area contributed by atoms with Crippen molar-refractivity contribution in [1.82, 2.24) is 9.97 Å². The molecule has 1 rings (SSSR count). The van der Waals surface area contributed by atoms with E-state index in [0.29, 0.717) is 11.8 Å². The molecular weight excluding hydrogens is 190 g/mol. The third kappa shape index (κ3) is 2.84. The fraction of sp³-hybridized carbons (Fsp3) is 0.455. The summed E-state index contributed by atoms with van der Waals surface area (Å²) in [6.07, 6.45) is 7.04. The number of hydrogen-bond donors (Lipinski definition) is 1. The van der Waals surface area contributed by atoms with Gasteiger partial charge < -0.3 is 10.1 Å². The third-order valence-corrected chi connectivity index (χ3v) is 1.85. The minimum Gasteiger partial charge on any atom is -0.458 e. The van der Waals surface area contributed by atoms with Crippen molar-refractivity contribution in [1.29, 1.82) is 0 Å². The predicted molar refractivity (Wildman–Crippen MR) is 59.9 cm³/mol. The lowest BCUT2D eigenvalue weighted by atomic mass is 10.1. The molecule has 0 aliphatic heterocycles. The number of terminal acetylenes is 1. The molecule has 1 heterocycles. The van der Waals surface area contributed by atoms with E-state index in [9.17, 15) is 0 Å². The van der Waals surface area contributed by atoms with Gasteiger partial charge in [0.2, 0.25) is 11.8 Å². The molecule has 15 heavy (non-hydrogen) atoms. The predicted octanol–water partition coefficient (Wildman–Crippen LogP) is 1.62. The second-order valence-corrected chi connectivity index (χ2v) is 3.69. The van der Waals surface area contributed by atoms with Gasteiger partial charge in [-0.05, 0) is 20.8 Å². The van der Waals surface area contributed by atoms with Gasteiger partial charge in [-0.3, -0.25) is 0 Å². The van der Waals surface area contributed by atoms with Crippen molar-refractivity contribution >= 4 is 5.95 Å². The van der Waals surface area contributed by atoms with Crippen molar-refractivity contribution in [3.8, 4) is 18.2 Å². The molecule has 0 saturated heterocycles. The number of ether oxygens (including phenoxy) is 1. The highest BCUT2D eigenvalue weighted by atomic mass is 16.5. The molecule has 0 unspecified atom stereocenters. The van der Waals surface area contributed by atoms with Crippen LogP contribution in [-0.2, 0) is 0 Å². The molecule has 0 radical (unpaired) electrons. The third-order valence-electron chi connectivity index (χ3n) is 1.85. The van der Waals surface area contributed by atoms with Crippen molar-refractivity contribution in [3.63, 3.8) is 0 Å². The van der Waals surface area contributed by atoms with Crippen molar-refractivity contribution < 1.29 is 4.74 Å². The van der Waals surface area contributed by atoms with Gasteiger partial charge in [0.1, 0.15) is 0 Å². The first-order valence-corrected chi connectivity index (χ1v) is 4.66. The molecule has 4 heteroatoms. The average Bonchev–Trinajstić information content (AvgIpc) is 2.21.